The van der Waals surface area contributed by atoms with Crippen LogP contribution in [0.25, 0.3) is 6.08 Å². The lowest BCUT2D eigenvalue weighted by Gasteiger charge is -2.26. The van der Waals surface area contributed by atoms with E-state index < -0.39 is 9.84 Å². The first kappa shape index (κ1) is 25.7. The fourth-order valence-corrected chi connectivity index (χ4v) is 6.64. The second-order valence-electron chi connectivity index (χ2n) is 8.65. The van der Waals surface area contributed by atoms with E-state index in [9.17, 15) is 13.2 Å². The third-order valence-corrected chi connectivity index (χ3v) is 9.12. The average molecular weight is 556 g/mol. The van der Waals surface area contributed by atoms with Crippen LogP contribution in [0, 0.1) is 6.92 Å². The SMILES string of the molecule is Cc1ccc(S(=O)(=O)c2nc(/C=C3/SC(=S)N(CCc4ccccc4)C3=O)oc2N2CCOCC2)cc1. The first-order valence-corrected chi connectivity index (χ1v) is 14.5. The number of morpholine rings is 1. The van der Waals surface area contributed by atoms with Gasteiger partial charge in [0.2, 0.25) is 26.6 Å². The summed E-state index contributed by atoms with van der Waals surface area (Å²) in [6, 6.07) is 16.5. The minimum Gasteiger partial charge on any atom is -0.420 e. The quantitative estimate of drug-likeness (QED) is 0.316. The van der Waals surface area contributed by atoms with Crippen molar-refractivity contribution in [1.29, 1.82) is 0 Å². The Kier molecular flexibility index (Phi) is 7.47. The number of amides is 1. The summed E-state index contributed by atoms with van der Waals surface area (Å²) < 4.78 is 38.9. The van der Waals surface area contributed by atoms with Crippen molar-refractivity contribution < 1.29 is 22.4 Å². The van der Waals surface area contributed by atoms with Crippen molar-refractivity contribution in [1.82, 2.24) is 9.88 Å². The van der Waals surface area contributed by atoms with Gasteiger partial charge in [-0.25, -0.2) is 8.42 Å². The summed E-state index contributed by atoms with van der Waals surface area (Å²) in [5, 5.41) is -0.177. The molecule has 0 saturated carbocycles. The van der Waals surface area contributed by atoms with Gasteiger partial charge in [0.25, 0.3) is 5.91 Å². The molecule has 0 spiro atoms. The lowest BCUT2D eigenvalue weighted by Crippen LogP contribution is -2.36. The molecule has 37 heavy (non-hydrogen) atoms. The van der Waals surface area contributed by atoms with E-state index in [0.29, 0.717) is 48.5 Å². The molecule has 3 heterocycles. The Morgan fingerprint density at radius 3 is 2.49 bits per heavy atom. The molecule has 2 saturated heterocycles. The summed E-state index contributed by atoms with van der Waals surface area (Å²) in [7, 11) is -3.97. The Balaban J connectivity index is 1.45. The molecule has 0 N–H and O–H groups in total. The molecule has 2 fully saturated rings. The summed E-state index contributed by atoms with van der Waals surface area (Å²) in [5.41, 5.74) is 2.05. The van der Waals surface area contributed by atoms with Crippen LogP contribution in [0.3, 0.4) is 0 Å². The number of sulfone groups is 1. The summed E-state index contributed by atoms with van der Waals surface area (Å²) in [6.45, 7) is 4.16. The maximum absolute atomic E-state index is 13.5. The number of thiocarbonyl (C=S) groups is 1. The zero-order valence-electron chi connectivity index (χ0n) is 20.1. The molecule has 5 rings (SSSR count). The van der Waals surface area contributed by atoms with Crippen LogP contribution in [0.4, 0.5) is 5.88 Å². The van der Waals surface area contributed by atoms with Crippen LogP contribution in [0.5, 0.6) is 0 Å². The molecule has 0 radical (unpaired) electrons. The molecule has 192 valence electrons. The van der Waals surface area contributed by atoms with Gasteiger partial charge in [-0.2, -0.15) is 4.98 Å². The van der Waals surface area contributed by atoms with Gasteiger partial charge in [-0.3, -0.25) is 9.69 Å². The second kappa shape index (κ2) is 10.8. The molecule has 1 aromatic heterocycles. The number of aromatic nitrogens is 1. The molecule has 0 aliphatic carbocycles. The van der Waals surface area contributed by atoms with Gasteiger partial charge in [0.05, 0.1) is 23.0 Å². The number of benzene rings is 2. The van der Waals surface area contributed by atoms with Crippen molar-refractivity contribution >= 4 is 56.0 Å². The molecule has 8 nitrogen and oxygen atoms in total. The molecule has 2 aliphatic rings. The first-order valence-electron chi connectivity index (χ1n) is 11.8. The smallest absolute Gasteiger partial charge is 0.266 e. The van der Waals surface area contributed by atoms with Crippen molar-refractivity contribution in [2.24, 2.45) is 0 Å². The molecule has 2 aliphatic heterocycles. The number of nitrogens with zero attached hydrogens (tertiary/aromatic N) is 3. The van der Waals surface area contributed by atoms with Gasteiger partial charge < -0.3 is 14.1 Å². The molecule has 0 bridgehead atoms. The van der Waals surface area contributed by atoms with E-state index in [1.54, 1.807) is 34.1 Å². The second-order valence-corrected chi connectivity index (χ2v) is 12.2. The molecular weight excluding hydrogens is 531 g/mol. The number of carbonyl (C=O) groups is 1. The molecule has 3 aromatic rings. The van der Waals surface area contributed by atoms with Crippen LogP contribution in [-0.4, -0.2) is 61.4 Å². The van der Waals surface area contributed by atoms with Gasteiger partial charge >= 0.3 is 0 Å². The standard InChI is InChI=1S/C26H25N3O5S3/c1-18-7-9-20(10-8-18)37(31,32)23-25(28-13-15-33-16-14-28)34-22(27-23)17-21-24(30)29(26(35)36-21)12-11-19-5-3-2-4-6-19/h2-10,17H,11-16H2,1H3/b21-17+. The first-order chi connectivity index (χ1) is 17.8. The van der Waals surface area contributed by atoms with Gasteiger partial charge in [-0.15, -0.1) is 0 Å². The summed E-state index contributed by atoms with van der Waals surface area (Å²) in [6.07, 6.45) is 2.14. The summed E-state index contributed by atoms with van der Waals surface area (Å²) in [5.74, 6) is -0.0644. The van der Waals surface area contributed by atoms with E-state index >= 15 is 0 Å². The zero-order valence-corrected chi connectivity index (χ0v) is 22.6. The molecule has 1 amide bonds. The topological polar surface area (TPSA) is 93.0 Å². The summed E-state index contributed by atoms with van der Waals surface area (Å²) >= 11 is 6.61. The highest BCUT2D eigenvalue weighted by molar-refractivity contribution is 8.26. The van der Waals surface area contributed by atoms with E-state index in [1.807, 2.05) is 37.3 Å². The van der Waals surface area contributed by atoms with Crippen LogP contribution in [0.15, 0.2) is 73.8 Å². The zero-order chi connectivity index (χ0) is 26.0. The lowest BCUT2D eigenvalue weighted by atomic mass is 10.1. The van der Waals surface area contributed by atoms with Gasteiger partial charge in [-0.1, -0.05) is 72.0 Å². The third-order valence-electron chi connectivity index (χ3n) is 6.08. The van der Waals surface area contributed by atoms with Crippen LogP contribution in [-0.2, 0) is 25.8 Å². The average Bonchev–Trinajstić information content (AvgIpc) is 3.45. The number of rotatable bonds is 7. The maximum Gasteiger partial charge on any atom is 0.266 e. The van der Waals surface area contributed by atoms with E-state index in [-0.39, 0.29) is 27.6 Å². The van der Waals surface area contributed by atoms with Gasteiger partial charge in [-0.05, 0) is 31.0 Å². The monoisotopic (exact) mass is 555 g/mol. The minimum absolute atomic E-state index is 0.0377. The predicted octanol–water partition coefficient (Wildman–Crippen LogP) is 4.10. The Morgan fingerprint density at radius 1 is 1.08 bits per heavy atom. The predicted molar refractivity (Wildman–Crippen MR) is 146 cm³/mol. The molecule has 0 unspecified atom stereocenters. The minimum atomic E-state index is -3.97. The van der Waals surface area contributed by atoms with E-state index in [0.717, 1.165) is 22.9 Å². The fourth-order valence-electron chi connectivity index (χ4n) is 4.04. The summed E-state index contributed by atoms with van der Waals surface area (Å²) in [4.78, 5) is 21.3. The van der Waals surface area contributed by atoms with Gasteiger partial charge in [0, 0.05) is 25.7 Å². The van der Waals surface area contributed by atoms with E-state index in [1.165, 1.54) is 6.08 Å². The number of thioether (sulfide) groups is 1. The van der Waals surface area contributed by atoms with E-state index in [2.05, 4.69) is 4.98 Å². The Labute approximate surface area is 225 Å². The third kappa shape index (κ3) is 5.49. The van der Waals surface area contributed by atoms with Crippen molar-refractivity contribution in [3.05, 3.63) is 76.5 Å². The number of aryl methyl sites for hydroxylation is 1. The highest BCUT2D eigenvalue weighted by Crippen LogP contribution is 2.36. The molecular formula is C26H25N3O5S3. The van der Waals surface area contributed by atoms with Gasteiger partial charge in [0.15, 0.2) is 0 Å². The van der Waals surface area contributed by atoms with Crippen LogP contribution in [0.1, 0.15) is 17.0 Å². The van der Waals surface area contributed by atoms with Crippen molar-refractivity contribution in [3.63, 3.8) is 0 Å². The Hall–Kier alpha value is -2.99. The number of oxazole rings is 1. The largest absolute Gasteiger partial charge is 0.420 e. The fraction of sp³-hybridized carbons (Fsp3) is 0.269. The van der Waals surface area contributed by atoms with Crippen LogP contribution >= 0.6 is 24.0 Å². The lowest BCUT2D eigenvalue weighted by molar-refractivity contribution is -0.122. The van der Waals surface area contributed by atoms with Crippen molar-refractivity contribution in [2.75, 3.05) is 37.7 Å². The number of ether oxygens (including phenoxy) is 1. The molecule has 2 aromatic carbocycles. The molecule has 11 heteroatoms. The number of hydrogen-bond acceptors (Lipinski definition) is 9. The normalized spacial score (nSPS) is 17.7. The Morgan fingerprint density at radius 2 is 1.78 bits per heavy atom. The number of hydrogen-bond donors (Lipinski definition) is 0. The maximum atomic E-state index is 13.5. The highest BCUT2D eigenvalue weighted by atomic mass is 32.2. The van der Waals surface area contributed by atoms with Crippen LogP contribution in [0.2, 0.25) is 0 Å². The van der Waals surface area contributed by atoms with E-state index in [4.69, 9.17) is 21.4 Å². The van der Waals surface area contributed by atoms with Gasteiger partial charge in [0.1, 0.15) is 4.32 Å². The van der Waals surface area contributed by atoms with Crippen LogP contribution < -0.4 is 4.90 Å². The Bertz CT molecular complexity index is 1440. The van der Waals surface area contributed by atoms with Crippen molar-refractivity contribution in [3.8, 4) is 0 Å². The molecule has 0 atom stereocenters. The van der Waals surface area contributed by atoms with Crippen molar-refractivity contribution in [2.45, 2.75) is 23.3 Å². The number of anilines is 1. The highest BCUT2D eigenvalue weighted by Gasteiger charge is 2.34. The number of carbonyl (C=O) groups excluding carboxylic acids is 1.